The van der Waals surface area contributed by atoms with Crippen molar-refractivity contribution in [3.63, 3.8) is 0 Å². The van der Waals surface area contributed by atoms with Gasteiger partial charge >= 0.3 is 0 Å². The number of hydrogen-bond donors (Lipinski definition) is 0. The van der Waals surface area contributed by atoms with Gasteiger partial charge in [0.15, 0.2) is 0 Å². The first-order chi connectivity index (χ1) is 11.7. The Morgan fingerprint density at radius 3 is 2.50 bits per heavy atom. The maximum atomic E-state index is 12.7. The van der Waals surface area contributed by atoms with Crippen molar-refractivity contribution in [1.82, 2.24) is 9.80 Å². The highest BCUT2D eigenvalue weighted by molar-refractivity contribution is 8.27. The summed E-state index contributed by atoms with van der Waals surface area (Å²) in [5.74, 6) is 0.0409. The predicted octanol–water partition coefficient (Wildman–Crippen LogP) is 4.88. The zero-order valence-electron chi connectivity index (χ0n) is 13.8. The Bertz CT molecular complexity index is 712. The van der Waals surface area contributed by atoms with E-state index in [0.29, 0.717) is 10.9 Å². The minimum Gasteiger partial charge on any atom is -0.334 e. The summed E-state index contributed by atoms with van der Waals surface area (Å²) in [6, 6.07) is 10.4. The van der Waals surface area contributed by atoms with E-state index in [0.717, 1.165) is 29.3 Å². The van der Waals surface area contributed by atoms with Crippen molar-refractivity contribution >= 4 is 51.7 Å². The highest BCUT2D eigenvalue weighted by Gasteiger charge is 2.37. The van der Waals surface area contributed by atoms with Gasteiger partial charge < -0.3 is 4.90 Å². The van der Waals surface area contributed by atoms with Gasteiger partial charge in [0.05, 0.1) is 10.7 Å². The molecular weight excluding hydrogens is 356 g/mol. The second-order valence-electron chi connectivity index (χ2n) is 5.54. The van der Waals surface area contributed by atoms with Gasteiger partial charge in [-0.15, -0.1) is 0 Å². The first-order valence-electron chi connectivity index (χ1n) is 8.15. The van der Waals surface area contributed by atoms with E-state index in [1.54, 1.807) is 16.7 Å². The van der Waals surface area contributed by atoms with Crippen molar-refractivity contribution in [2.24, 2.45) is 0 Å². The molecule has 3 rings (SSSR count). The number of rotatable bonds is 5. The minimum atomic E-state index is 0.0409. The van der Waals surface area contributed by atoms with Crippen LogP contribution in [0.5, 0.6) is 0 Å². The van der Waals surface area contributed by atoms with Crippen LogP contribution in [0.3, 0.4) is 0 Å². The van der Waals surface area contributed by atoms with Crippen LogP contribution in [0, 0.1) is 0 Å². The molecule has 24 heavy (non-hydrogen) atoms. The molecule has 1 saturated heterocycles. The molecule has 1 amide bonds. The lowest BCUT2D eigenvalue weighted by Gasteiger charge is -2.24. The summed E-state index contributed by atoms with van der Waals surface area (Å²) in [5, 5.41) is 3.18. The number of benzene rings is 1. The van der Waals surface area contributed by atoms with Crippen LogP contribution in [0.15, 0.2) is 45.7 Å². The molecule has 0 saturated carbocycles. The van der Waals surface area contributed by atoms with Gasteiger partial charge in [-0.05, 0) is 18.9 Å². The molecule has 1 aromatic rings. The zero-order chi connectivity index (χ0) is 17.1. The topological polar surface area (TPSA) is 23.6 Å². The van der Waals surface area contributed by atoms with Crippen molar-refractivity contribution in [1.29, 1.82) is 0 Å². The van der Waals surface area contributed by atoms with Crippen molar-refractivity contribution < 1.29 is 4.79 Å². The van der Waals surface area contributed by atoms with Crippen LogP contribution >= 0.6 is 35.7 Å². The number of hydrogen-bond acceptors (Lipinski definition) is 5. The maximum absolute atomic E-state index is 12.7. The lowest BCUT2D eigenvalue weighted by molar-refractivity contribution is -0.122. The zero-order valence-corrected chi connectivity index (χ0v) is 16.3. The fraction of sp³-hybridized carbons (Fsp3) is 0.333. The predicted molar refractivity (Wildman–Crippen MR) is 108 cm³/mol. The molecule has 0 radical (unpaired) electrons. The van der Waals surface area contributed by atoms with Crippen LogP contribution in [0.25, 0.3) is 5.70 Å². The molecule has 0 aromatic heterocycles. The summed E-state index contributed by atoms with van der Waals surface area (Å²) < 4.78 is 0.661. The number of thiocarbonyl (C=S) groups is 1. The lowest BCUT2D eigenvalue weighted by Crippen LogP contribution is -2.28. The summed E-state index contributed by atoms with van der Waals surface area (Å²) >= 11 is 8.43. The summed E-state index contributed by atoms with van der Waals surface area (Å²) in [6.45, 7) is 5.68. The average Bonchev–Trinajstić information content (AvgIpc) is 3.14. The summed E-state index contributed by atoms with van der Waals surface area (Å²) in [7, 11) is 0. The monoisotopic (exact) mass is 376 g/mol. The molecule has 2 heterocycles. The van der Waals surface area contributed by atoms with E-state index in [1.807, 2.05) is 25.1 Å². The molecule has 0 atom stereocenters. The SMILES string of the molecule is CCCCN1C(c2ccccc2)=CSC1=C1SC(=S)N(CC)C1=O. The van der Waals surface area contributed by atoms with Crippen molar-refractivity contribution in [2.75, 3.05) is 13.1 Å². The summed E-state index contributed by atoms with van der Waals surface area (Å²) in [6.07, 6.45) is 2.20. The van der Waals surface area contributed by atoms with Gasteiger partial charge in [0.2, 0.25) is 0 Å². The van der Waals surface area contributed by atoms with E-state index < -0.39 is 0 Å². The number of nitrogens with zero attached hydrogens (tertiary/aromatic N) is 2. The molecule has 0 spiro atoms. The van der Waals surface area contributed by atoms with E-state index in [1.165, 1.54) is 23.0 Å². The van der Waals surface area contributed by atoms with Crippen LogP contribution in [0.4, 0.5) is 0 Å². The molecule has 6 heteroatoms. The third-order valence-electron chi connectivity index (χ3n) is 3.98. The molecule has 0 aliphatic carbocycles. The van der Waals surface area contributed by atoms with E-state index in [9.17, 15) is 4.79 Å². The molecule has 1 fully saturated rings. The minimum absolute atomic E-state index is 0.0409. The number of amides is 1. The van der Waals surface area contributed by atoms with Crippen molar-refractivity contribution in [2.45, 2.75) is 26.7 Å². The Kier molecular flexibility index (Phi) is 5.69. The smallest absolute Gasteiger partial charge is 0.268 e. The Labute approximate surface area is 157 Å². The van der Waals surface area contributed by atoms with Crippen LogP contribution in [0.2, 0.25) is 0 Å². The Morgan fingerprint density at radius 2 is 1.88 bits per heavy atom. The second kappa shape index (κ2) is 7.76. The van der Waals surface area contributed by atoms with Gasteiger partial charge in [0.1, 0.15) is 9.23 Å². The molecule has 0 bridgehead atoms. The summed E-state index contributed by atoms with van der Waals surface area (Å²) in [4.78, 5) is 17.4. The number of carbonyl (C=O) groups excluding carboxylic acids is 1. The Balaban J connectivity index is 1.96. The Morgan fingerprint density at radius 1 is 1.12 bits per heavy atom. The van der Waals surface area contributed by atoms with Gasteiger partial charge in [-0.2, -0.15) is 0 Å². The first kappa shape index (κ1) is 17.6. The number of thioether (sulfide) groups is 2. The largest absolute Gasteiger partial charge is 0.334 e. The average molecular weight is 377 g/mol. The van der Waals surface area contributed by atoms with Crippen LogP contribution in [-0.4, -0.2) is 33.1 Å². The number of carbonyl (C=O) groups is 1. The van der Waals surface area contributed by atoms with Crippen molar-refractivity contribution in [3.8, 4) is 0 Å². The second-order valence-corrected chi connectivity index (χ2v) is 8.05. The number of likely N-dealkylation sites (N-methyl/N-ethyl adjacent to an activating group) is 1. The van der Waals surface area contributed by atoms with Gasteiger partial charge in [-0.25, -0.2) is 0 Å². The van der Waals surface area contributed by atoms with Crippen LogP contribution < -0.4 is 0 Å². The van der Waals surface area contributed by atoms with Gasteiger partial charge in [0, 0.05) is 18.5 Å². The van der Waals surface area contributed by atoms with Gasteiger partial charge in [-0.1, -0.05) is 79.4 Å². The number of unbranched alkanes of at least 4 members (excludes halogenated alkanes) is 1. The van der Waals surface area contributed by atoms with Crippen LogP contribution in [-0.2, 0) is 4.79 Å². The molecule has 0 unspecified atom stereocenters. The highest BCUT2D eigenvalue weighted by atomic mass is 32.2. The molecule has 3 nitrogen and oxygen atoms in total. The Hall–Kier alpha value is -1.24. The third-order valence-corrected chi connectivity index (χ3v) is 6.54. The van der Waals surface area contributed by atoms with E-state index >= 15 is 0 Å². The van der Waals surface area contributed by atoms with Gasteiger partial charge in [-0.3, -0.25) is 9.69 Å². The van der Waals surface area contributed by atoms with Crippen molar-refractivity contribution in [3.05, 3.63) is 51.2 Å². The quantitative estimate of drug-likeness (QED) is 0.538. The third kappa shape index (κ3) is 3.27. The van der Waals surface area contributed by atoms with E-state index in [2.05, 4.69) is 29.4 Å². The standard InChI is InChI=1S/C18H20N2OS3/c1-3-5-11-20-14(13-9-7-6-8-10-13)12-23-17(20)15-16(21)19(4-2)18(22)24-15/h6-10,12H,3-5,11H2,1-2H3. The molecular formula is C18H20N2OS3. The molecule has 126 valence electrons. The van der Waals surface area contributed by atoms with E-state index in [-0.39, 0.29) is 5.91 Å². The summed E-state index contributed by atoms with van der Waals surface area (Å²) in [5.41, 5.74) is 2.35. The lowest BCUT2D eigenvalue weighted by atomic mass is 10.1. The fourth-order valence-electron chi connectivity index (χ4n) is 2.69. The van der Waals surface area contributed by atoms with E-state index in [4.69, 9.17) is 12.2 Å². The molecule has 0 N–H and O–H groups in total. The fourth-order valence-corrected chi connectivity index (χ4v) is 5.32. The normalized spacial score (nSPS) is 21.0. The maximum Gasteiger partial charge on any atom is 0.268 e. The van der Waals surface area contributed by atoms with Crippen LogP contribution in [0.1, 0.15) is 32.3 Å². The highest BCUT2D eigenvalue weighted by Crippen LogP contribution is 2.46. The first-order valence-corrected chi connectivity index (χ1v) is 10.3. The molecule has 2 aliphatic heterocycles. The van der Waals surface area contributed by atoms with Gasteiger partial charge in [0.25, 0.3) is 5.91 Å². The molecule has 2 aliphatic rings. The molecule has 1 aromatic carbocycles.